The first kappa shape index (κ1) is 12.1. The number of hydrogen-bond acceptors (Lipinski definition) is 1. The zero-order valence-corrected chi connectivity index (χ0v) is 9.36. The van der Waals surface area contributed by atoms with Crippen molar-refractivity contribution in [1.82, 2.24) is 0 Å². The van der Waals surface area contributed by atoms with Gasteiger partial charge in [0.05, 0.1) is 0 Å². The summed E-state index contributed by atoms with van der Waals surface area (Å²) in [4.78, 5) is 0. The molecular formula is Cl4FeOZr. The molecule has 0 aromatic carbocycles. The van der Waals surface area contributed by atoms with Crippen LogP contribution in [0.2, 0.25) is 0 Å². The van der Waals surface area contributed by atoms with Crippen molar-refractivity contribution in [1.29, 1.82) is 0 Å². The second-order valence-corrected chi connectivity index (χ2v) is 22.8. The van der Waals surface area contributed by atoms with E-state index in [-0.39, 0.29) is 0 Å². The fraction of sp³-hybridized carbons (Fsp3) is 0. The van der Waals surface area contributed by atoms with Crippen LogP contribution in [0.1, 0.15) is 0 Å². The summed E-state index contributed by atoms with van der Waals surface area (Å²) in [6.07, 6.45) is 0. The van der Waals surface area contributed by atoms with Gasteiger partial charge in [-0.2, -0.15) is 0 Å². The van der Waals surface area contributed by atoms with Crippen LogP contribution in [0.3, 0.4) is 0 Å². The van der Waals surface area contributed by atoms with E-state index in [0.29, 0.717) is 0 Å². The van der Waals surface area contributed by atoms with Gasteiger partial charge in [-0.05, 0) is 0 Å². The van der Waals surface area contributed by atoms with E-state index in [1.54, 1.807) is 0 Å². The maximum atomic E-state index is 8.00. The van der Waals surface area contributed by atoms with E-state index in [0.717, 1.165) is 0 Å². The Labute approximate surface area is 68.3 Å². The molecule has 0 fully saturated rings. The molecule has 0 radical (unpaired) electrons. The summed E-state index contributed by atoms with van der Waals surface area (Å²) < 4.78 is 8.00. The van der Waals surface area contributed by atoms with Gasteiger partial charge in [0.2, 0.25) is 0 Å². The SMILES string of the molecule is [Cl][Zr]([Cl])([Cl])[Cl].[O]=[Fe]. The van der Waals surface area contributed by atoms with Gasteiger partial charge >= 0.3 is 69.3 Å². The quantitative estimate of drug-likeness (QED) is 0.629. The van der Waals surface area contributed by atoms with Crippen LogP contribution in [0.15, 0.2) is 0 Å². The number of hydrogen-bond donors (Lipinski definition) is 0. The minimum absolute atomic E-state index is 2.00. The van der Waals surface area contributed by atoms with Crippen LogP contribution >= 0.6 is 34.1 Å². The average Bonchev–Trinajstić information content (AvgIpc) is 1.36. The van der Waals surface area contributed by atoms with Crippen LogP contribution in [0.4, 0.5) is 0 Å². The Morgan fingerprint density at radius 2 is 1.00 bits per heavy atom. The fourth-order valence-corrected chi connectivity index (χ4v) is 0. The minimum atomic E-state index is -3.29. The van der Waals surface area contributed by atoms with Gasteiger partial charge in [0.1, 0.15) is 0 Å². The van der Waals surface area contributed by atoms with E-state index < -0.39 is 15.5 Å². The summed E-state index contributed by atoms with van der Waals surface area (Å²) in [6, 6.07) is 0. The monoisotopic (exact) mass is 302 g/mol. The molecule has 0 unspecified atom stereocenters. The van der Waals surface area contributed by atoms with Crippen LogP contribution < -0.4 is 0 Å². The van der Waals surface area contributed by atoms with Gasteiger partial charge in [-0.25, -0.2) is 0 Å². The molecular weight excluding hydrogens is 305 g/mol. The van der Waals surface area contributed by atoms with Crippen molar-refractivity contribution < 1.29 is 35.3 Å². The molecule has 0 saturated carbocycles. The number of halogens is 4. The van der Waals surface area contributed by atoms with Crippen molar-refractivity contribution in [3.05, 3.63) is 0 Å². The summed E-state index contributed by atoms with van der Waals surface area (Å²) in [5, 5.41) is 0. The zero-order chi connectivity index (χ0) is 6.50. The summed E-state index contributed by atoms with van der Waals surface area (Å²) in [5.74, 6) is 0. The molecule has 0 aromatic rings. The third-order valence-electron chi connectivity index (χ3n) is 0. The second-order valence-electron chi connectivity index (χ2n) is 0.429. The molecule has 46 valence electrons. The van der Waals surface area contributed by atoms with E-state index in [9.17, 15) is 0 Å². The summed E-state index contributed by atoms with van der Waals surface area (Å²) in [5.41, 5.74) is 0. The predicted octanol–water partition coefficient (Wildman–Crippen LogP) is 2.63. The molecule has 0 heterocycles. The molecule has 7 heteroatoms. The van der Waals surface area contributed by atoms with Crippen LogP contribution in [0, 0.1) is 0 Å². The van der Waals surface area contributed by atoms with Gasteiger partial charge in [0.25, 0.3) is 0 Å². The Morgan fingerprint density at radius 3 is 1.00 bits per heavy atom. The van der Waals surface area contributed by atoms with Crippen molar-refractivity contribution >= 4 is 34.1 Å². The molecule has 0 aliphatic heterocycles. The van der Waals surface area contributed by atoms with E-state index in [2.05, 4.69) is 0 Å². The van der Waals surface area contributed by atoms with Crippen LogP contribution in [0.25, 0.3) is 0 Å². The van der Waals surface area contributed by atoms with E-state index in [1.165, 1.54) is 0 Å². The first-order chi connectivity index (χ1) is 3.00. The summed E-state index contributed by atoms with van der Waals surface area (Å²) >= 11 is -1.29. The van der Waals surface area contributed by atoms with E-state index in [1.807, 2.05) is 15.9 Å². The topological polar surface area (TPSA) is 17.1 Å². The molecule has 0 saturated heterocycles. The van der Waals surface area contributed by atoms with Gasteiger partial charge in [0, 0.05) is 0 Å². The molecule has 0 aromatic heterocycles. The van der Waals surface area contributed by atoms with Crippen LogP contribution in [-0.2, 0) is 35.3 Å². The molecule has 1 nitrogen and oxygen atoms in total. The van der Waals surface area contributed by atoms with Crippen molar-refractivity contribution in [3.8, 4) is 0 Å². The average molecular weight is 305 g/mol. The molecule has 0 atom stereocenters. The Hall–Kier alpha value is 2.36. The summed E-state index contributed by atoms with van der Waals surface area (Å²) in [7, 11) is 20.1. The molecule has 7 heavy (non-hydrogen) atoms. The van der Waals surface area contributed by atoms with Crippen molar-refractivity contribution in [2.24, 2.45) is 0 Å². The molecule has 0 rings (SSSR count). The molecule has 0 amide bonds. The molecule has 0 aliphatic rings. The molecule has 0 spiro atoms. The fourth-order valence-electron chi connectivity index (χ4n) is 0. The molecule has 0 aliphatic carbocycles. The zero-order valence-electron chi connectivity index (χ0n) is 2.77. The Kier molecular flexibility index (Phi) is 11.2. The standard InChI is InChI=1S/4ClH.Fe.O.Zr/h4*1H;;;/q;;;;;;+4/p-4. The third-order valence-corrected chi connectivity index (χ3v) is 0. The van der Waals surface area contributed by atoms with Crippen molar-refractivity contribution in [2.75, 3.05) is 0 Å². The normalized spacial score (nSPS) is 9.29. The molecule has 0 N–H and O–H groups in total. The predicted molar refractivity (Wildman–Crippen MR) is 24.1 cm³/mol. The Balaban J connectivity index is 0. The van der Waals surface area contributed by atoms with Gasteiger partial charge in [-0.1, -0.05) is 0 Å². The molecule has 0 bridgehead atoms. The number of rotatable bonds is 0. The van der Waals surface area contributed by atoms with Crippen molar-refractivity contribution in [3.63, 3.8) is 0 Å². The van der Waals surface area contributed by atoms with Gasteiger partial charge < -0.3 is 0 Å². The maximum absolute atomic E-state index is 8.00. The van der Waals surface area contributed by atoms with E-state index in [4.69, 9.17) is 37.9 Å². The Morgan fingerprint density at radius 1 is 1.00 bits per heavy atom. The van der Waals surface area contributed by atoms with Gasteiger partial charge in [-0.15, -0.1) is 0 Å². The van der Waals surface area contributed by atoms with Crippen molar-refractivity contribution in [2.45, 2.75) is 0 Å². The second kappa shape index (κ2) is 6.48. The third kappa shape index (κ3) is 60.6. The summed E-state index contributed by atoms with van der Waals surface area (Å²) in [6.45, 7) is 0. The van der Waals surface area contributed by atoms with E-state index >= 15 is 0 Å². The van der Waals surface area contributed by atoms with Crippen LogP contribution in [-0.4, -0.2) is 0 Å². The van der Waals surface area contributed by atoms with Gasteiger partial charge in [-0.3, -0.25) is 0 Å². The first-order valence-corrected chi connectivity index (χ1v) is 14.0. The van der Waals surface area contributed by atoms with Crippen LogP contribution in [0.5, 0.6) is 0 Å². The Bertz CT molecular complexity index is 35.4. The van der Waals surface area contributed by atoms with Gasteiger partial charge in [0.15, 0.2) is 0 Å². The first-order valence-electron chi connectivity index (χ1n) is 0.900.